The molecule has 0 spiro atoms. The van der Waals surface area contributed by atoms with Crippen LogP contribution in [0.2, 0.25) is 5.02 Å². The summed E-state index contributed by atoms with van der Waals surface area (Å²) in [6.45, 7) is 5.74. The first-order valence-corrected chi connectivity index (χ1v) is 7.38. The zero-order chi connectivity index (χ0) is 16.6. The molecule has 0 aliphatic rings. The summed E-state index contributed by atoms with van der Waals surface area (Å²) < 4.78 is 2.62. The highest BCUT2D eigenvalue weighted by atomic mass is 35.5. The first-order chi connectivity index (χ1) is 10.9. The molecule has 1 aromatic carbocycles. The fourth-order valence-corrected chi connectivity index (χ4v) is 2.23. The fraction of sp³-hybridized carbons (Fsp3) is 0.267. The summed E-state index contributed by atoms with van der Waals surface area (Å²) in [5.41, 5.74) is 0.312. The summed E-state index contributed by atoms with van der Waals surface area (Å²) in [5, 5.41) is 16.8. The lowest BCUT2D eigenvalue weighted by Gasteiger charge is -2.16. The van der Waals surface area contributed by atoms with E-state index in [4.69, 9.17) is 11.6 Å². The third-order valence-electron chi connectivity index (χ3n) is 3.23. The standard InChI is InChI=1S/C15H15ClN6O/c1-15(2,3)12-13(23)22(14-19-17-9-21(14)20-12)18-8-10-6-4-5-7-11(10)16/h4-9H,1-3H3. The minimum Gasteiger partial charge on any atom is -0.265 e. The van der Waals surface area contributed by atoms with Gasteiger partial charge in [-0.2, -0.15) is 19.4 Å². The molecule has 0 amide bonds. The topological polar surface area (TPSA) is 77.4 Å². The molecule has 8 heteroatoms. The van der Waals surface area contributed by atoms with Crippen molar-refractivity contribution >= 4 is 23.6 Å². The molecule has 0 aliphatic carbocycles. The van der Waals surface area contributed by atoms with Crippen molar-refractivity contribution in [3.05, 3.63) is 57.2 Å². The van der Waals surface area contributed by atoms with Crippen LogP contribution in [0.15, 0.2) is 40.5 Å². The largest absolute Gasteiger partial charge is 0.298 e. The molecule has 0 N–H and O–H groups in total. The monoisotopic (exact) mass is 330 g/mol. The van der Waals surface area contributed by atoms with E-state index in [1.807, 2.05) is 39.0 Å². The van der Waals surface area contributed by atoms with Crippen LogP contribution in [-0.4, -0.2) is 30.7 Å². The van der Waals surface area contributed by atoms with Crippen molar-refractivity contribution in [3.8, 4) is 0 Å². The number of rotatable bonds is 2. The summed E-state index contributed by atoms with van der Waals surface area (Å²) in [7, 11) is 0. The molecule has 2 aromatic heterocycles. The smallest absolute Gasteiger partial charge is 0.265 e. The van der Waals surface area contributed by atoms with Gasteiger partial charge in [0.2, 0.25) is 0 Å². The highest BCUT2D eigenvalue weighted by Gasteiger charge is 2.23. The van der Waals surface area contributed by atoms with E-state index < -0.39 is 5.41 Å². The number of benzene rings is 1. The minimum absolute atomic E-state index is 0.242. The molecule has 0 radical (unpaired) electrons. The first kappa shape index (κ1) is 15.4. The van der Waals surface area contributed by atoms with Gasteiger partial charge in [0.05, 0.1) is 6.21 Å². The Morgan fingerprint density at radius 2 is 2.00 bits per heavy atom. The Morgan fingerprint density at radius 1 is 1.26 bits per heavy atom. The average Bonchev–Trinajstić information content (AvgIpc) is 2.94. The van der Waals surface area contributed by atoms with Crippen LogP contribution >= 0.6 is 11.6 Å². The van der Waals surface area contributed by atoms with Gasteiger partial charge < -0.3 is 0 Å². The van der Waals surface area contributed by atoms with Crippen molar-refractivity contribution in [2.24, 2.45) is 5.10 Å². The highest BCUT2D eigenvalue weighted by Crippen LogP contribution is 2.16. The number of aromatic nitrogens is 5. The summed E-state index contributed by atoms with van der Waals surface area (Å²) in [6, 6.07) is 7.23. The second-order valence-electron chi connectivity index (χ2n) is 6.06. The lowest BCUT2D eigenvalue weighted by atomic mass is 9.93. The van der Waals surface area contributed by atoms with Crippen molar-refractivity contribution in [1.82, 2.24) is 24.5 Å². The Hall–Kier alpha value is -2.54. The number of fused-ring (bicyclic) bond motifs is 1. The lowest BCUT2D eigenvalue weighted by Crippen LogP contribution is -2.33. The van der Waals surface area contributed by atoms with Crippen molar-refractivity contribution in [3.63, 3.8) is 0 Å². The molecule has 118 valence electrons. The second kappa shape index (κ2) is 5.58. The minimum atomic E-state index is -0.433. The molecule has 2 heterocycles. The fourth-order valence-electron chi connectivity index (χ4n) is 2.05. The van der Waals surface area contributed by atoms with Crippen LogP contribution in [0, 0.1) is 0 Å². The Labute approximate surface area is 137 Å². The van der Waals surface area contributed by atoms with Crippen LogP contribution in [-0.2, 0) is 5.41 Å². The third-order valence-corrected chi connectivity index (χ3v) is 3.58. The summed E-state index contributed by atoms with van der Waals surface area (Å²) in [4.78, 5) is 12.7. The molecule has 23 heavy (non-hydrogen) atoms. The molecule has 0 fully saturated rings. The maximum Gasteiger partial charge on any atom is 0.298 e. The van der Waals surface area contributed by atoms with Crippen molar-refractivity contribution < 1.29 is 0 Å². The molecule has 0 bridgehead atoms. The lowest BCUT2D eigenvalue weighted by molar-refractivity contribution is 0.529. The molecule has 7 nitrogen and oxygen atoms in total. The number of nitrogens with zero attached hydrogens (tertiary/aromatic N) is 6. The van der Waals surface area contributed by atoms with Crippen LogP contribution in [0.5, 0.6) is 0 Å². The quantitative estimate of drug-likeness (QED) is 0.674. The maximum atomic E-state index is 12.7. The summed E-state index contributed by atoms with van der Waals surface area (Å²) in [5.74, 6) is 0.242. The van der Waals surface area contributed by atoms with Gasteiger partial charge in [-0.25, -0.2) is 0 Å². The molecule has 0 atom stereocenters. The van der Waals surface area contributed by atoms with Gasteiger partial charge in [-0.15, -0.1) is 10.2 Å². The first-order valence-electron chi connectivity index (χ1n) is 7.00. The van der Waals surface area contributed by atoms with Gasteiger partial charge in [0.25, 0.3) is 11.3 Å². The molecule has 0 unspecified atom stereocenters. The van der Waals surface area contributed by atoms with Gasteiger partial charge >= 0.3 is 0 Å². The Morgan fingerprint density at radius 3 is 2.70 bits per heavy atom. The zero-order valence-electron chi connectivity index (χ0n) is 12.9. The number of halogens is 1. The molecule has 0 saturated carbocycles. The highest BCUT2D eigenvalue weighted by molar-refractivity contribution is 6.33. The number of hydrogen-bond acceptors (Lipinski definition) is 5. The van der Waals surface area contributed by atoms with Crippen molar-refractivity contribution in [2.45, 2.75) is 26.2 Å². The Balaban J connectivity index is 2.21. The molecule has 3 rings (SSSR count). The predicted octanol–water partition coefficient (Wildman–Crippen LogP) is 2.12. The zero-order valence-corrected chi connectivity index (χ0v) is 13.7. The molecular formula is C15H15ClN6O. The normalized spacial score (nSPS) is 12.3. The van der Waals surface area contributed by atoms with E-state index in [1.165, 1.54) is 21.7 Å². The Bertz CT molecular complexity index is 950. The molecular weight excluding hydrogens is 316 g/mol. The predicted molar refractivity (Wildman–Crippen MR) is 88.2 cm³/mol. The van der Waals surface area contributed by atoms with Crippen LogP contribution in [0.3, 0.4) is 0 Å². The van der Waals surface area contributed by atoms with Gasteiger partial charge in [0.15, 0.2) is 0 Å². The van der Waals surface area contributed by atoms with Crippen molar-refractivity contribution in [1.29, 1.82) is 0 Å². The van der Waals surface area contributed by atoms with Gasteiger partial charge in [-0.3, -0.25) is 4.79 Å². The molecule has 0 aliphatic heterocycles. The van der Waals surface area contributed by atoms with E-state index >= 15 is 0 Å². The van der Waals surface area contributed by atoms with Gasteiger partial charge in [0, 0.05) is 16.0 Å². The van der Waals surface area contributed by atoms with E-state index in [9.17, 15) is 4.79 Å². The Kier molecular flexibility index (Phi) is 3.73. The summed E-state index contributed by atoms with van der Waals surface area (Å²) in [6.07, 6.45) is 2.95. The van der Waals surface area contributed by atoms with E-state index in [2.05, 4.69) is 20.4 Å². The van der Waals surface area contributed by atoms with Crippen LogP contribution in [0.25, 0.3) is 5.78 Å². The second-order valence-corrected chi connectivity index (χ2v) is 6.46. The molecule has 0 saturated heterocycles. The third kappa shape index (κ3) is 2.87. The SMILES string of the molecule is CC(C)(C)c1nn2cnnc2n(N=Cc2ccccc2Cl)c1=O. The van der Waals surface area contributed by atoms with Gasteiger partial charge in [-0.1, -0.05) is 50.6 Å². The van der Waals surface area contributed by atoms with E-state index in [0.717, 1.165) is 0 Å². The van der Waals surface area contributed by atoms with Crippen LogP contribution < -0.4 is 5.56 Å². The van der Waals surface area contributed by atoms with Crippen LogP contribution in [0.4, 0.5) is 0 Å². The van der Waals surface area contributed by atoms with Crippen molar-refractivity contribution in [2.75, 3.05) is 0 Å². The summed E-state index contributed by atoms with van der Waals surface area (Å²) >= 11 is 6.11. The van der Waals surface area contributed by atoms with E-state index in [0.29, 0.717) is 16.3 Å². The average molecular weight is 331 g/mol. The van der Waals surface area contributed by atoms with Crippen LogP contribution in [0.1, 0.15) is 32.0 Å². The molecule has 3 aromatic rings. The van der Waals surface area contributed by atoms with E-state index in [1.54, 1.807) is 6.07 Å². The van der Waals surface area contributed by atoms with Gasteiger partial charge in [0.1, 0.15) is 12.0 Å². The van der Waals surface area contributed by atoms with E-state index in [-0.39, 0.29) is 11.3 Å². The van der Waals surface area contributed by atoms with Gasteiger partial charge in [-0.05, 0) is 6.07 Å². The number of hydrogen-bond donors (Lipinski definition) is 0. The maximum absolute atomic E-state index is 12.7.